The second-order valence-corrected chi connectivity index (χ2v) is 6.40. The monoisotopic (exact) mass is 349 g/mol. The molecule has 0 spiro atoms. The molecule has 2 heterocycles. The minimum absolute atomic E-state index is 0.00259. The van der Waals surface area contributed by atoms with E-state index >= 15 is 0 Å². The normalized spacial score (nSPS) is 15.8. The Morgan fingerprint density at radius 3 is 2.73 bits per heavy atom. The summed E-state index contributed by atoms with van der Waals surface area (Å²) >= 11 is 0. The number of rotatable bonds is 4. The van der Waals surface area contributed by atoms with Gasteiger partial charge in [0.05, 0.1) is 0 Å². The predicted octanol–water partition coefficient (Wildman–Crippen LogP) is 3.55. The SMILES string of the molecule is Cc1nc(COc2ccc(C(=O)N3c4ccccc4C[C@@H]3C)cc2)no1. The highest BCUT2D eigenvalue weighted by Crippen LogP contribution is 2.33. The van der Waals surface area contributed by atoms with Crippen molar-refractivity contribution in [2.45, 2.75) is 32.9 Å². The maximum Gasteiger partial charge on any atom is 0.258 e. The van der Waals surface area contributed by atoms with Gasteiger partial charge in [0.1, 0.15) is 5.75 Å². The van der Waals surface area contributed by atoms with E-state index in [1.54, 1.807) is 31.2 Å². The van der Waals surface area contributed by atoms with E-state index in [0.717, 1.165) is 12.1 Å². The Bertz CT molecular complexity index is 933. The third-order valence-corrected chi connectivity index (χ3v) is 4.46. The molecule has 0 saturated carbocycles. The van der Waals surface area contributed by atoms with E-state index in [2.05, 4.69) is 23.1 Å². The van der Waals surface area contributed by atoms with E-state index in [4.69, 9.17) is 9.26 Å². The largest absolute Gasteiger partial charge is 0.485 e. The van der Waals surface area contributed by atoms with Gasteiger partial charge < -0.3 is 14.2 Å². The topological polar surface area (TPSA) is 68.5 Å². The number of anilines is 1. The van der Waals surface area contributed by atoms with Crippen LogP contribution in [0.25, 0.3) is 0 Å². The summed E-state index contributed by atoms with van der Waals surface area (Å²) in [6.07, 6.45) is 0.882. The van der Waals surface area contributed by atoms with Crippen molar-refractivity contribution in [3.05, 3.63) is 71.4 Å². The molecule has 0 saturated heterocycles. The number of carbonyl (C=O) groups is 1. The van der Waals surface area contributed by atoms with Gasteiger partial charge >= 0.3 is 0 Å². The van der Waals surface area contributed by atoms with Gasteiger partial charge in [0.25, 0.3) is 5.91 Å². The molecule has 0 fully saturated rings. The molecule has 1 atom stereocenters. The molecule has 0 radical (unpaired) electrons. The predicted molar refractivity (Wildman–Crippen MR) is 96.2 cm³/mol. The molecule has 2 aromatic carbocycles. The first-order chi connectivity index (χ1) is 12.6. The van der Waals surface area contributed by atoms with Gasteiger partial charge in [-0.25, -0.2) is 0 Å². The lowest BCUT2D eigenvalue weighted by Gasteiger charge is -2.22. The lowest BCUT2D eigenvalue weighted by molar-refractivity contribution is 0.0981. The molecule has 6 nitrogen and oxygen atoms in total. The van der Waals surface area contributed by atoms with Crippen molar-refractivity contribution in [2.75, 3.05) is 4.90 Å². The second-order valence-electron chi connectivity index (χ2n) is 6.40. The van der Waals surface area contributed by atoms with Gasteiger partial charge in [-0.05, 0) is 49.2 Å². The fraction of sp³-hybridized carbons (Fsp3) is 0.250. The summed E-state index contributed by atoms with van der Waals surface area (Å²) < 4.78 is 10.5. The number of aryl methyl sites for hydroxylation is 1. The molecule has 3 aromatic rings. The van der Waals surface area contributed by atoms with Crippen LogP contribution in [0.3, 0.4) is 0 Å². The van der Waals surface area contributed by atoms with E-state index < -0.39 is 0 Å². The zero-order chi connectivity index (χ0) is 18.1. The van der Waals surface area contributed by atoms with Gasteiger partial charge in [-0.2, -0.15) is 4.98 Å². The maximum absolute atomic E-state index is 13.0. The van der Waals surface area contributed by atoms with E-state index in [9.17, 15) is 4.79 Å². The maximum atomic E-state index is 13.0. The molecular weight excluding hydrogens is 330 g/mol. The first kappa shape index (κ1) is 16.3. The van der Waals surface area contributed by atoms with Crippen LogP contribution in [-0.4, -0.2) is 22.1 Å². The van der Waals surface area contributed by atoms with E-state index in [1.165, 1.54) is 5.56 Å². The van der Waals surface area contributed by atoms with Gasteiger partial charge in [0.15, 0.2) is 6.61 Å². The molecular formula is C20H19N3O3. The second kappa shape index (κ2) is 6.63. The van der Waals surface area contributed by atoms with Crippen LogP contribution in [0.4, 0.5) is 5.69 Å². The number of nitrogens with zero attached hydrogens (tertiary/aromatic N) is 3. The van der Waals surface area contributed by atoms with E-state index in [1.807, 2.05) is 23.1 Å². The number of fused-ring (bicyclic) bond motifs is 1. The van der Waals surface area contributed by atoms with Crippen LogP contribution in [0.15, 0.2) is 53.1 Å². The lowest BCUT2D eigenvalue weighted by atomic mass is 10.1. The van der Waals surface area contributed by atoms with Gasteiger partial charge in [0, 0.05) is 24.2 Å². The van der Waals surface area contributed by atoms with Gasteiger partial charge in [-0.3, -0.25) is 4.79 Å². The molecule has 26 heavy (non-hydrogen) atoms. The van der Waals surface area contributed by atoms with Crippen molar-refractivity contribution >= 4 is 11.6 Å². The summed E-state index contributed by atoms with van der Waals surface area (Å²) in [6, 6.07) is 15.3. The molecule has 1 aromatic heterocycles. The molecule has 1 aliphatic rings. The first-order valence-corrected chi connectivity index (χ1v) is 8.55. The standard InChI is InChI=1S/C20H19N3O3/c1-13-11-16-5-3-4-6-18(16)23(13)20(24)15-7-9-17(10-8-15)25-12-19-21-14(2)26-22-19/h3-10,13H,11-12H2,1-2H3/t13-/m0/s1. The number of hydrogen-bond donors (Lipinski definition) is 0. The van der Waals surface area contributed by atoms with Crippen molar-refractivity contribution in [3.8, 4) is 5.75 Å². The average molecular weight is 349 g/mol. The smallest absolute Gasteiger partial charge is 0.258 e. The average Bonchev–Trinajstić information content (AvgIpc) is 3.22. The fourth-order valence-corrected chi connectivity index (χ4v) is 3.26. The summed E-state index contributed by atoms with van der Waals surface area (Å²) in [5.41, 5.74) is 2.85. The fourth-order valence-electron chi connectivity index (χ4n) is 3.26. The zero-order valence-corrected chi connectivity index (χ0v) is 14.7. The number of ether oxygens (including phenoxy) is 1. The third-order valence-electron chi connectivity index (χ3n) is 4.46. The molecule has 0 N–H and O–H groups in total. The summed E-state index contributed by atoms with van der Waals surface area (Å²) in [5, 5.41) is 3.79. The molecule has 4 rings (SSSR count). The molecule has 6 heteroatoms. The van der Waals surface area contributed by atoms with Crippen LogP contribution in [0.5, 0.6) is 5.75 Å². The van der Waals surface area contributed by atoms with Crippen LogP contribution >= 0.6 is 0 Å². The van der Waals surface area contributed by atoms with E-state index in [0.29, 0.717) is 23.0 Å². The zero-order valence-electron chi connectivity index (χ0n) is 14.7. The van der Waals surface area contributed by atoms with Crippen LogP contribution < -0.4 is 9.64 Å². The first-order valence-electron chi connectivity index (χ1n) is 8.55. The van der Waals surface area contributed by atoms with Crippen molar-refractivity contribution in [2.24, 2.45) is 0 Å². The Hall–Kier alpha value is -3.15. The van der Waals surface area contributed by atoms with E-state index in [-0.39, 0.29) is 18.6 Å². The van der Waals surface area contributed by atoms with Crippen molar-refractivity contribution in [3.63, 3.8) is 0 Å². The highest BCUT2D eigenvalue weighted by Gasteiger charge is 2.31. The van der Waals surface area contributed by atoms with Crippen LogP contribution in [-0.2, 0) is 13.0 Å². The van der Waals surface area contributed by atoms with Crippen LogP contribution in [0.1, 0.15) is 34.6 Å². The van der Waals surface area contributed by atoms with Gasteiger partial charge in [-0.1, -0.05) is 23.4 Å². The van der Waals surface area contributed by atoms with Crippen LogP contribution in [0.2, 0.25) is 0 Å². The Morgan fingerprint density at radius 1 is 1.23 bits per heavy atom. The number of amides is 1. The summed E-state index contributed by atoms with van der Waals surface area (Å²) in [5.74, 6) is 1.65. The molecule has 0 unspecified atom stereocenters. The Balaban J connectivity index is 1.47. The molecule has 0 aliphatic carbocycles. The van der Waals surface area contributed by atoms with Crippen molar-refractivity contribution in [1.29, 1.82) is 0 Å². The highest BCUT2D eigenvalue weighted by atomic mass is 16.5. The van der Waals surface area contributed by atoms with Crippen molar-refractivity contribution < 1.29 is 14.1 Å². The number of aromatic nitrogens is 2. The highest BCUT2D eigenvalue weighted by molar-refractivity contribution is 6.07. The minimum atomic E-state index is 0.00259. The van der Waals surface area contributed by atoms with Crippen LogP contribution in [0, 0.1) is 6.92 Å². The molecule has 1 amide bonds. The van der Waals surface area contributed by atoms with Gasteiger partial charge in [-0.15, -0.1) is 0 Å². The Kier molecular flexibility index (Phi) is 4.16. The number of hydrogen-bond acceptors (Lipinski definition) is 5. The summed E-state index contributed by atoms with van der Waals surface area (Å²) in [6.45, 7) is 4.03. The molecule has 0 bridgehead atoms. The number of benzene rings is 2. The molecule has 132 valence electrons. The molecule has 1 aliphatic heterocycles. The van der Waals surface area contributed by atoms with Crippen molar-refractivity contribution in [1.82, 2.24) is 10.1 Å². The number of para-hydroxylation sites is 1. The Morgan fingerprint density at radius 2 is 2.00 bits per heavy atom. The van der Waals surface area contributed by atoms with Gasteiger partial charge in [0.2, 0.25) is 11.7 Å². The Labute approximate surface area is 151 Å². The number of carbonyl (C=O) groups excluding carboxylic acids is 1. The summed E-state index contributed by atoms with van der Waals surface area (Å²) in [4.78, 5) is 18.9. The quantitative estimate of drug-likeness (QED) is 0.720. The summed E-state index contributed by atoms with van der Waals surface area (Å²) in [7, 11) is 0. The third kappa shape index (κ3) is 3.06. The minimum Gasteiger partial charge on any atom is -0.485 e. The lowest BCUT2D eigenvalue weighted by Crippen LogP contribution is -2.35.